The van der Waals surface area contributed by atoms with Crippen molar-refractivity contribution in [1.82, 2.24) is 15.0 Å². The molecule has 0 amide bonds. The molecule has 0 aliphatic carbocycles. The van der Waals surface area contributed by atoms with Gasteiger partial charge in [0.2, 0.25) is 0 Å². The molecule has 6 rings (SSSR count). The van der Waals surface area contributed by atoms with Crippen LogP contribution in [0.5, 0.6) is 5.75 Å². The number of anilines is 1. The maximum atomic E-state index is 6.25. The van der Waals surface area contributed by atoms with Gasteiger partial charge in [0, 0.05) is 36.2 Å². The van der Waals surface area contributed by atoms with Gasteiger partial charge in [-0.25, -0.2) is 15.0 Å². The smallest absolute Gasteiger partial charge is 0.136 e. The number of nitrogens with zero attached hydrogens (tertiary/aromatic N) is 4. The van der Waals surface area contributed by atoms with Crippen LogP contribution in [0.4, 0.5) is 5.82 Å². The van der Waals surface area contributed by atoms with Gasteiger partial charge >= 0.3 is 0 Å². The molecule has 35 heavy (non-hydrogen) atoms. The number of ether oxygens (including phenoxy) is 3. The van der Waals surface area contributed by atoms with E-state index in [9.17, 15) is 0 Å². The number of hydrogen-bond acceptors (Lipinski definition) is 9. The highest BCUT2D eigenvalue weighted by Crippen LogP contribution is 2.44. The van der Waals surface area contributed by atoms with Gasteiger partial charge in [-0.05, 0) is 37.1 Å². The second-order valence-electron chi connectivity index (χ2n) is 9.49. The predicted molar refractivity (Wildman–Crippen MR) is 141 cm³/mol. The topological polar surface area (TPSA) is 69.6 Å². The zero-order chi connectivity index (χ0) is 24.0. The van der Waals surface area contributed by atoms with E-state index < -0.39 is 0 Å². The molecule has 0 bridgehead atoms. The zero-order valence-electron chi connectivity index (χ0n) is 20.2. The van der Waals surface area contributed by atoms with E-state index in [2.05, 4.69) is 35.9 Å². The van der Waals surface area contributed by atoms with Crippen LogP contribution in [0.1, 0.15) is 30.5 Å². The lowest BCUT2D eigenvalue weighted by atomic mass is 9.90. The van der Waals surface area contributed by atoms with Gasteiger partial charge < -0.3 is 19.1 Å². The lowest BCUT2D eigenvalue weighted by Gasteiger charge is -2.36. The van der Waals surface area contributed by atoms with E-state index in [1.807, 2.05) is 12.1 Å². The highest BCUT2D eigenvalue weighted by molar-refractivity contribution is 7.98. The van der Waals surface area contributed by atoms with Crippen molar-refractivity contribution in [3.8, 4) is 5.75 Å². The van der Waals surface area contributed by atoms with Crippen LogP contribution >= 0.6 is 23.1 Å². The molecule has 1 saturated heterocycles. The normalized spacial score (nSPS) is 17.6. The first-order valence-electron chi connectivity index (χ1n) is 11.8. The Labute approximate surface area is 212 Å². The second kappa shape index (κ2) is 9.20. The van der Waals surface area contributed by atoms with Crippen LogP contribution in [0.15, 0.2) is 35.6 Å². The van der Waals surface area contributed by atoms with Crippen molar-refractivity contribution in [3.63, 3.8) is 0 Å². The Morgan fingerprint density at radius 2 is 1.91 bits per heavy atom. The maximum Gasteiger partial charge on any atom is 0.136 e. The fourth-order valence-electron chi connectivity index (χ4n) is 4.78. The summed E-state index contributed by atoms with van der Waals surface area (Å²) in [6, 6.07) is 8.20. The summed E-state index contributed by atoms with van der Waals surface area (Å²) < 4.78 is 18.2. The summed E-state index contributed by atoms with van der Waals surface area (Å²) >= 11 is 3.45. The number of hydrogen-bond donors (Lipinski definition) is 0. The molecule has 0 atom stereocenters. The van der Waals surface area contributed by atoms with Crippen molar-refractivity contribution in [2.24, 2.45) is 0 Å². The average Bonchev–Trinajstić information content (AvgIpc) is 3.26. The van der Waals surface area contributed by atoms with Crippen LogP contribution in [0.25, 0.3) is 20.4 Å². The van der Waals surface area contributed by atoms with Gasteiger partial charge in [-0.1, -0.05) is 12.1 Å². The largest absolute Gasteiger partial charge is 0.497 e. The van der Waals surface area contributed by atoms with Crippen LogP contribution < -0.4 is 9.64 Å². The molecule has 0 unspecified atom stereocenters. The number of aromatic nitrogens is 3. The lowest BCUT2D eigenvalue weighted by molar-refractivity contribution is -0.0396. The van der Waals surface area contributed by atoms with Crippen molar-refractivity contribution in [2.45, 2.75) is 43.3 Å². The molecule has 1 fully saturated rings. The Morgan fingerprint density at radius 3 is 2.69 bits per heavy atom. The van der Waals surface area contributed by atoms with Gasteiger partial charge in [0.1, 0.15) is 27.8 Å². The van der Waals surface area contributed by atoms with Gasteiger partial charge in [-0.15, -0.1) is 23.1 Å². The lowest BCUT2D eigenvalue weighted by Crippen LogP contribution is -2.39. The molecular formula is C26H28N4O3S2. The average molecular weight is 509 g/mol. The number of thiophene rings is 1. The summed E-state index contributed by atoms with van der Waals surface area (Å²) in [7, 11) is 1.69. The van der Waals surface area contributed by atoms with Crippen LogP contribution in [-0.2, 0) is 28.3 Å². The minimum absolute atomic E-state index is 0.225. The molecule has 7 nitrogen and oxygen atoms in total. The Morgan fingerprint density at radius 1 is 1.11 bits per heavy atom. The molecule has 0 saturated carbocycles. The molecule has 5 heterocycles. The van der Waals surface area contributed by atoms with E-state index in [1.165, 1.54) is 22.1 Å². The van der Waals surface area contributed by atoms with Gasteiger partial charge in [0.25, 0.3) is 0 Å². The Balaban J connectivity index is 1.44. The first kappa shape index (κ1) is 23.0. The third-order valence-corrected chi connectivity index (χ3v) is 8.89. The fourth-order valence-corrected chi connectivity index (χ4v) is 6.97. The van der Waals surface area contributed by atoms with Gasteiger partial charge in [-0.3, -0.25) is 0 Å². The third-order valence-electron chi connectivity index (χ3n) is 6.62. The molecule has 2 aliphatic heterocycles. The molecule has 0 spiro atoms. The van der Waals surface area contributed by atoms with E-state index in [4.69, 9.17) is 24.2 Å². The van der Waals surface area contributed by atoms with E-state index in [1.54, 1.807) is 36.5 Å². The van der Waals surface area contributed by atoms with Gasteiger partial charge in [-0.2, -0.15) is 0 Å². The number of morpholine rings is 1. The zero-order valence-corrected chi connectivity index (χ0v) is 21.8. The summed E-state index contributed by atoms with van der Waals surface area (Å²) in [4.78, 5) is 18.0. The maximum absolute atomic E-state index is 6.25. The number of fused-ring (bicyclic) bond motifs is 5. The van der Waals surface area contributed by atoms with Crippen LogP contribution in [0.3, 0.4) is 0 Å². The summed E-state index contributed by atoms with van der Waals surface area (Å²) in [6.07, 6.45) is 2.53. The first-order chi connectivity index (χ1) is 17.0. The SMILES string of the molecule is COc1ccc(CSc2ncnc3c2sc2nc(N4CCOCC4)c4c(c23)CC(C)(C)OC4)cc1. The van der Waals surface area contributed by atoms with Gasteiger partial charge in [0.15, 0.2) is 0 Å². The summed E-state index contributed by atoms with van der Waals surface area (Å²) in [5.74, 6) is 2.74. The number of thioether (sulfide) groups is 1. The molecule has 0 N–H and O–H groups in total. The van der Waals surface area contributed by atoms with Crippen molar-refractivity contribution >= 4 is 49.3 Å². The van der Waals surface area contributed by atoms with Crippen LogP contribution in [0, 0.1) is 0 Å². The minimum Gasteiger partial charge on any atom is -0.497 e. The standard InChI is InChI=1S/C26H28N4O3S2/c1-26(2)12-18-19(13-33-26)23(30-8-10-32-11-9-30)29-24-20(18)21-22(35-24)25(28-15-27-21)34-14-16-4-6-17(31-3)7-5-16/h4-7,15H,8-14H2,1-3H3. The molecular weight excluding hydrogens is 480 g/mol. The van der Waals surface area contributed by atoms with E-state index >= 15 is 0 Å². The number of pyridine rings is 1. The quantitative estimate of drug-likeness (QED) is 0.268. The van der Waals surface area contributed by atoms with Crippen molar-refractivity contribution in [1.29, 1.82) is 0 Å². The van der Waals surface area contributed by atoms with Crippen LogP contribution in [0.2, 0.25) is 0 Å². The predicted octanol–water partition coefficient (Wildman–Crippen LogP) is 5.23. The number of methoxy groups -OCH3 is 1. The van der Waals surface area contributed by atoms with Crippen molar-refractivity contribution < 1.29 is 14.2 Å². The number of benzene rings is 1. The molecule has 9 heteroatoms. The van der Waals surface area contributed by atoms with Crippen molar-refractivity contribution in [3.05, 3.63) is 47.3 Å². The van der Waals surface area contributed by atoms with Gasteiger partial charge in [0.05, 0.1) is 42.7 Å². The molecule has 182 valence electrons. The number of rotatable bonds is 5. The molecule has 2 aliphatic rings. The molecule has 1 aromatic carbocycles. The second-order valence-corrected chi connectivity index (χ2v) is 11.5. The minimum atomic E-state index is -0.225. The molecule has 0 radical (unpaired) electrons. The summed E-state index contributed by atoms with van der Waals surface area (Å²) in [5, 5.41) is 2.17. The van der Waals surface area contributed by atoms with Crippen molar-refractivity contribution in [2.75, 3.05) is 38.3 Å². The Bertz CT molecular complexity index is 1380. The Kier molecular flexibility index (Phi) is 6.04. The summed E-state index contributed by atoms with van der Waals surface area (Å²) in [5.41, 5.74) is 4.53. The van der Waals surface area contributed by atoms with Crippen LogP contribution in [-0.4, -0.2) is 54.0 Å². The first-order valence-corrected chi connectivity index (χ1v) is 13.6. The monoisotopic (exact) mass is 508 g/mol. The molecule has 4 aromatic rings. The van der Waals surface area contributed by atoms with E-state index in [0.717, 1.165) is 70.1 Å². The summed E-state index contributed by atoms with van der Waals surface area (Å²) in [6.45, 7) is 8.05. The van der Waals surface area contributed by atoms with E-state index in [0.29, 0.717) is 6.61 Å². The fraction of sp³-hybridized carbons (Fsp3) is 0.423. The highest BCUT2D eigenvalue weighted by Gasteiger charge is 2.33. The van der Waals surface area contributed by atoms with E-state index in [-0.39, 0.29) is 5.60 Å². The molecule has 3 aromatic heterocycles. The highest BCUT2D eigenvalue weighted by atomic mass is 32.2. The third kappa shape index (κ3) is 4.35. The Hall–Kier alpha value is -2.46.